The maximum absolute atomic E-state index is 13.2. The maximum atomic E-state index is 13.2. The highest BCUT2D eigenvalue weighted by molar-refractivity contribution is 5.77. The lowest BCUT2D eigenvalue weighted by Crippen LogP contribution is -2.46. The quantitative estimate of drug-likeness (QED) is 0.0321. The fourth-order valence-corrected chi connectivity index (χ4v) is 7.58. The third-order valence-corrected chi connectivity index (χ3v) is 11.6. The lowest BCUT2D eigenvalue weighted by atomic mass is 10.0. The highest BCUT2D eigenvalue weighted by atomic mass is 16.5. The van der Waals surface area contributed by atoms with Crippen molar-refractivity contribution < 1.29 is 24.5 Å². The van der Waals surface area contributed by atoms with Gasteiger partial charge >= 0.3 is 5.97 Å². The van der Waals surface area contributed by atoms with Crippen LogP contribution in [0.1, 0.15) is 233 Å². The zero-order chi connectivity index (χ0) is 46.7. The summed E-state index contributed by atoms with van der Waals surface area (Å²) in [6.45, 7) is 6.28. The van der Waals surface area contributed by atoms with Gasteiger partial charge in [-0.2, -0.15) is 0 Å². The van der Waals surface area contributed by atoms with Crippen molar-refractivity contribution in [2.75, 3.05) is 6.61 Å². The molecule has 366 valence electrons. The Morgan fingerprint density at radius 3 is 1.34 bits per heavy atom. The van der Waals surface area contributed by atoms with Crippen molar-refractivity contribution in [1.82, 2.24) is 5.32 Å². The van der Waals surface area contributed by atoms with Crippen molar-refractivity contribution in [3.63, 3.8) is 0 Å². The summed E-state index contributed by atoms with van der Waals surface area (Å²) in [7, 11) is 0. The third kappa shape index (κ3) is 45.4. The van der Waals surface area contributed by atoms with Crippen LogP contribution in [0, 0.1) is 0 Å². The van der Waals surface area contributed by atoms with Crippen LogP contribution in [0.15, 0.2) is 97.2 Å². The highest BCUT2D eigenvalue weighted by Crippen LogP contribution is 2.17. The van der Waals surface area contributed by atoms with E-state index in [1.165, 1.54) is 103 Å². The normalized spacial score (nSPS) is 14.0. The van der Waals surface area contributed by atoms with E-state index in [4.69, 9.17) is 4.74 Å². The number of nitrogens with one attached hydrogen (secondary N) is 1. The molecule has 0 rings (SSSR count). The molecule has 6 nitrogen and oxygen atoms in total. The van der Waals surface area contributed by atoms with Gasteiger partial charge in [-0.15, -0.1) is 0 Å². The molecular weight excluding hydrogens is 791 g/mol. The average Bonchev–Trinajstić information content (AvgIpc) is 3.29. The molecule has 0 fully saturated rings. The molecule has 0 spiro atoms. The molecule has 0 aromatic rings. The number of allylic oxidation sites excluding steroid dienone is 16. The molecule has 0 bridgehead atoms. The van der Waals surface area contributed by atoms with Crippen LogP contribution in [0.4, 0.5) is 0 Å². The summed E-state index contributed by atoms with van der Waals surface area (Å²) >= 11 is 0. The molecule has 1 amide bonds. The summed E-state index contributed by atoms with van der Waals surface area (Å²) in [6.07, 6.45) is 67.6. The van der Waals surface area contributed by atoms with E-state index in [1.54, 1.807) is 0 Å². The monoisotopic (exact) mass is 890 g/mol. The van der Waals surface area contributed by atoms with E-state index < -0.39 is 18.2 Å². The second kappa shape index (κ2) is 50.8. The largest absolute Gasteiger partial charge is 0.462 e. The van der Waals surface area contributed by atoms with Crippen molar-refractivity contribution in [3.05, 3.63) is 97.2 Å². The van der Waals surface area contributed by atoms with Gasteiger partial charge in [0.15, 0.2) is 0 Å². The Balaban J connectivity index is 4.61. The standard InChI is InChI=1S/C58H99NO5/c1-4-7-10-13-16-19-22-24-26-28-29-31-33-36-39-42-45-48-51-58(63)64-54(49-46-43-40-37-34-21-18-15-12-9-6-3)52-57(62)59-55(53-60)56(61)50-47-44-41-38-35-32-30-27-25-23-20-17-14-11-8-5-2/h9,12,15-16,18-19,21-22,24,26,28-29,31,34,37,40,54-56,60-61H,4-8,10-11,13-14,17,20,23,25,27,30,32-33,35-36,38-39,41-53H2,1-3H3,(H,59,62)/b12-9+,18-15+,19-16+,24-22+,28-26+,31-29+,34-21-,40-37-. The predicted octanol–water partition coefficient (Wildman–Crippen LogP) is 16.1. The molecule has 3 atom stereocenters. The fraction of sp³-hybridized carbons (Fsp3) is 0.690. The second-order valence-corrected chi connectivity index (χ2v) is 17.7. The first-order chi connectivity index (χ1) is 31.5. The Kier molecular flexibility index (Phi) is 48.2. The summed E-state index contributed by atoms with van der Waals surface area (Å²) in [5.74, 6) is -0.574. The minimum Gasteiger partial charge on any atom is -0.462 e. The van der Waals surface area contributed by atoms with Crippen LogP contribution >= 0.6 is 0 Å². The summed E-state index contributed by atoms with van der Waals surface area (Å²) in [5, 5.41) is 23.8. The van der Waals surface area contributed by atoms with Gasteiger partial charge in [0, 0.05) is 6.42 Å². The summed E-state index contributed by atoms with van der Waals surface area (Å²) in [6, 6.07) is -0.733. The molecule has 64 heavy (non-hydrogen) atoms. The molecule has 0 aliphatic carbocycles. The molecule has 0 saturated heterocycles. The summed E-state index contributed by atoms with van der Waals surface area (Å²) in [5.41, 5.74) is 0. The van der Waals surface area contributed by atoms with Crippen LogP contribution in [-0.2, 0) is 14.3 Å². The van der Waals surface area contributed by atoms with Crippen LogP contribution in [-0.4, -0.2) is 46.9 Å². The molecule has 0 aromatic heterocycles. The maximum Gasteiger partial charge on any atom is 0.306 e. The number of carbonyl (C=O) groups excluding carboxylic acids is 2. The van der Waals surface area contributed by atoms with Crippen molar-refractivity contribution in [2.24, 2.45) is 0 Å². The predicted molar refractivity (Wildman–Crippen MR) is 277 cm³/mol. The Labute approximate surface area is 395 Å². The molecule has 0 aromatic carbocycles. The smallest absolute Gasteiger partial charge is 0.306 e. The minimum atomic E-state index is -0.815. The lowest BCUT2D eigenvalue weighted by Gasteiger charge is -2.24. The molecular formula is C58H99NO5. The number of hydrogen-bond donors (Lipinski definition) is 3. The second-order valence-electron chi connectivity index (χ2n) is 17.7. The molecule has 0 heterocycles. The van der Waals surface area contributed by atoms with Crippen LogP contribution in [0.25, 0.3) is 0 Å². The molecule has 3 N–H and O–H groups in total. The average molecular weight is 890 g/mol. The first-order valence-corrected chi connectivity index (χ1v) is 26.6. The Bertz CT molecular complexity index is 1270. The number of aliphatic hydroxyl groups excluding tert-OH is 2. The molecule has 0 aliphatic heterocycles. The van der Waals surface area contributed by atoms with E-state index in [0.717, 1.165) is 83.5 Å². The molecule has 0 saturated carbocycles. The number of rotatable bonds is 46. The van der Waals surface area contributed by atoms with Crippen LogP contribution in [0.5, 0.6) is 0 Å². The Morgan fingerprint density at radius 2 is 0.859 bits per heavy atom. The van der Waals surface area contributed by atoms with Crippen LogP contribution < -0.4 is 5.32 Å². The number of hydrogen-bond acceptors (Lipinski definition) is 5. The van der Waals surface area contributed by atoms with E-state index in [1.807, 2.05) is 36.5 Å². The number of ether oxygens (including phenoxy) is 1. The van der Waals surface area contributed by atoms with Gasteiger partial charge in [0.1, 0.15) is 6.10 Å². The van der Waals surface area contributed by atoms with Gasteiger partial charge in [-0.05, 0) is 64.2 Å². The van der Waals surface area contributed by atoms with Gasteiger partial charge in [0.05, 0.1) is 25.2 Å². The number of esters is 1. The Morgan fingerprint density at radius 1 is 0.469 bits per heavy atom. The van der Waals surface area contributed by atoms with Gasteiger partial charge in [0.25, 0.3) is 0 Å². The minimum absolute atomic E-state index is 0.0167. The highest BCUT2D eigenvalue weighted by Gasteiger charge is 2.24. The van der Waals surface area contributed by atoms with E-state index in [9.17, 15) is 19.8 Å². The van der Waals surface area contributed by atoms with Gasteiger partial charge in [-0.3, -0.25) is 9.59 Å². The lowest BCUT2D eigenvalue weighted by molar-refractivity contribution is -0.151. The van der Waals surface area contributed by atoms with Crippen molar-refractivity contribution in [3.8, 4) is 0 Å². The number of unbranched alkanes of at least 4 members (excludes halogenated alkanes) is 24. The van der Waals surface area contributed by atoms with Crippen LogP contribution in [0.2, 0.25) is 0 Å². The molecule has 6 heteroatoms. The fourth-order valence-electron chi connectivity index (χ4n) is 7.58. The first kappa shape index (κ1) is 60.8. The number of aliphatic hydroxyl groups is 2. The molecule has 3 unspecified atom stereocenters. The van der Waals surface area contributed by atoms with E-state index >= 15 is 0 Å². The van der Waals surface area contributed by atoms with Gasteiger partial charge in [-0.25, -0.2) is 0 Å². The zero-order valence-corrected chi connectivity index (χ0v) is 41.6. The van der Waals surface area contributed by atoms with Gasteiger partial charge < -0.3 is 20.3 Å². The zero-order valence-electron chi connectivity index (χ0n) is 41.6. The topological polar surface area (TPSA) is 95.9 Å². The molecule has 0 radical (unpaired) electrons. The number of carbonyl (C=O) groups is 2. The van der Waals surface area contributed by atoms with Crippen LogP contribution in [0.3, 0.4) is 0 Å². The third-order valence-electron chi connectivity index (χ3n) is 11.6. The Hall–Kier alpha value is -3.22. The van der Waals surface area contributed by atoms with Crippen molar-refractivity contribution in [2.45, 2.75) is 251 Å². The van der Waals surface area contributed by atoms with Crippen molar-refractivity contribution >= 4 is 11.9 Å². The first-order valence-electron chi connectivity index (χ1n) is 26.6. The van der Waals surface area contributed by atoms with E-state index in [0.29, 0.717) is 19.3 Å². The van der Waals surface area contributed by atoms with E-state index in [-0.39, 0.29) is 24.9 Å². The van der Waals surface area contributed by atoms with E-state index in [2.05, 4.69) is 86.8 Å². The summed E-state index contributed by atoms with van der Waals surface area (Å²) < 4.78 is 5.88. The summed E-state index contributed by atoms with van der Waals surface area (Å²) in [4.78, 5) is 26.1. The van der Waals surface area contributed by atoms with Crippen molar-refractivity contribution in [1.29, 1.82) is 0 Å². The molecule has 0 aliphatic rings. The number of amides is 1. The SMILES string of the molecule is CC/C=C/C=C/C=C\C=C/CCCC(CC(=O)NC(CO)C(O)CCCCCCCCCCCCCCCCCC)OC(=O)CCCCCCC/C=C/C=C/C=C/C=C/CCCCC. The van der Waals surface area contributed by atoms with Gasteiger partial charge in [-0.1, -0.05) is 253 Å². The van der Waals surface area contributed by atoms with Gasteiger partial charge in [0.2, 0.25) is 5.91 Å².